The third-order valence-corrected chi connectivity index (χ3v) is 1.66. The average Bonchev–Trinajstić information content (AvgIpc) is 2.45. The first-order valence-corrected chi connectivity index (χ1v) is 3.77. The smallest absolute Gasteiger partial charge is 0.444 e. The van der Waals surface area contributed by atoms with Crippen molar-refractivity contribution in [1.82, 2.24) is 4.98 Å². The Morgan fingerprint density at radius 1 is 1.36 bits per heavy atom. The number of rotatable bonds is 0. The molecule has 0 atom stereocenters. The standard InChI is InChI=1S/C9H9N.HNO2.Na/c1-7-6-8-4-2-3-5-9(8)10-7;2-1-3;/h2-6,10H,1H3;(H,2,3);/q;;+1/p-1. The van der Waals surface area contributed by atoms with Gasteiger partial charge in [-0.1, -0.05) is 18.2 Å². The van der Waals surface area contributed by atoms with E-state index in [-0.39, 0.29) is 29.6 Å². The number of aromatic amines is 1. The molecule has 0 aliphatic heterocycles. The van der Waals surface area contributed by atoms with E-state index < -0.39 is 0 Å². The number of H-pyrrole nitrogens is 1. The number of fused-ring (bicyclic) bond motifs is 1. The van der Waals surface area contributed by atoms with E-state index in [0.717, 1.165) is 5.34 Å². The summed E-state index contributed by atoms with van der Waals surface area (Å²) in [6.45, 7) is 2.07. The van der Waals surface area contributed by atoms with Crippen LogP contribution in [-0.2, 0) is 0 Å². The van der Waals surface area contributed by atoms with Crippen molar-refractivity contribution in [3.63, 3.8) is 0 Å². The number of aryl methyl sites for hydroxylation is 1. The van der Waals surface area contributed by atoms with Crippen LogP contribution >= 0.6 is 0 Å². The molecule has 0 spiro atoms. The van der Waals surface area contributed by atoms with Gasteiger partial charge in [0.25, 0.3) is 0 Å². The van der Waals surface area contributed by atoms with Crippen LogP contribution in [0, 0.1) is 17.0 Å². The maximum absolute atomic E-state index is 8.00. The Kier molecular flexibility index (Phi) is 6.19. The van der Waals surface area contributed by atoms with Crippen LogP contribution < -0.4 is 29.6 Å². The second-order valence-electron chi connectivity index (χ2n) is 2.61. The molecule has 4 nitrogen and oxygen atoms in total. The van der Waals surface area contributed by atoms with Crippen LogP contribution in [0.5, 0.6) is 0 Å². The summed E-state index contributed by atoms with van der Waals surface area (Å²) in [4.78, 5) is 11.3. The van der Waals surface area contributed by atoms with Gasteiger partial charge in [-0.05, 0) is 24.4 Å². The van der Waals surface area contributed by atoms with Crippen LogP contribution in [0.2, 0.25) is 0 Å². The van der Waals surface area contributed by atoms with E-state index in [1.165, 1.54) is 16.6 Å². The maximum Gasteiger partial charge on any atom is 1.00 e. The topological polar surface area (TPSA) is 68.3 Å². The van der Waals surface area contributed by atoms with Crippen molar-refractivity contribution in [2.24, 2.45) is 5.34 Å². The molecular weight excluding hydrogens is 191 g/mol. The third kappa shape index (κ3) is 3.49. The van der Waals surface area contributed by atoms with E-state index in [1.807, 2.05) is 6.07 Å². The number of para-hydroxylation sites is 1. The molecular formula is C9H9N2NaO2. The van der Waals surface area contributed by atoms with Crippen LogP contribution in [0.3, 0.4) is 0 Å². The van der Waals surface area contributed by atoms with Crippen LogP contribution in [0.15, 0.2) is 35.7 Å². The zero-order valence-electron chi connectivity index (χ0n) is 8.15. The normalized spacial score (nSPS) is 8.36. The van der Waals surface area contributed by atoms with Crippen molar-refractivity contribution in [3.8, 4) is 0 Å². The number of hydrogen-bond donors (Lipinski definition) is 1. The van der Waals surface area contributed by atoms with Gasteiger partial charge in [0.05, 0.1) is 0 Å². The molecule has 0 fully saturated rings. The van der Waals surface area contributed by atoms with Gasteiger partial charge in [-0.3, -0.25) is 0 Å². The Balaban J connectivity index is 0.000000381. The average molecular weight is 200 g/mol. The molecule has 14 heavy (non-hydrogen) atoms. The van der Waals surface area contributed by atoms with E-state index >= 15 is 0 Å². The molecule has 68 valence electrons. The van der Waals surface area contributed by atoms with Crippen LogP contribution in [0.4, 0.5) is 0 Å². The summed E-state index contributed by atoms with van der Waals surface area (Å²) in [6, 6.07) is 10.4. The van der Waals surface area contributed by atoms with Gasteiger partial charge in [-0.2, -0.15) is 0 Å². The monoisotopic (exact) mass is 200 g/mol. The van der Waals surface area contributed by atoms with Gasteiger partial charge in [0.2, 0.25) is 0 Å². The summed E-state index contributed by atoms with van der Waals surface area (Å²) < 4.78 is 0. The minimum atomic E-state index is 0. The van der Waals surface area contributed by atoms with E-state index in [2.05, 4.69) is 36.2 Å². The molecule has 1 heterocycles. The summed E-state index contributed by atoms with van der Waals surface area (Å²) in [5.41, 5.74) is 2.45. The van der Waals surface area contributed by atoms with Crippen molar-refractivity contribution in [2.45, 2.75) is 6.92 Å². The minimum absolute atomic E-state index is 0. The van der Waals surface area contributed by atoms with Crippen LogP contribution in [-0.4, -0.2) is 4.98 Å². The second-order valence-corrected chi connectivity index (χ2v) is 2.61. The molecule has 0 unspecified atom stereocenters. The molecule has 2 aromatic rings. The fourth-order valence-electron chi connectivity index (χ4n) is 1.22. The van der Waals surface area contributed by atoms with Crippen molar-refractivity contribution in [1.29, 1.82) is 0 Å². The first kappa shape index (κ1) is 13.2. The van der Waals surface area contributed by atoms with Gasteiger partial charge in [0.1, 0.15) is 0 Å². The van der Waals surface area contributed by atoms with E-state index in [4.69, 9.17) is 10.1 Å². The first-order chi connectivity index (χ1) is 6.27. The second kappa shape index (κ2) is 6.59. The largest absolute Gasteiger partial charge is 1.00 e. The number of benzene rings is 1. The molecule has 1 N–H and O–H groups in total. The number of nitrogens with one attached hydrogen (secondary N) is 1. The first-order valence-electron chi connectivity index (χ1n) is 3.77. The fourth-order valence-corrected chi connectivity index (χ4v) is 1.22. The molecule has 1 aromatic carbocycles. The summed E-state index contributed by atoms with van der Waals surface area (Å²) in [6.07, 6.45) is 0. The third-order valence-electron chi connectivity index (χ3n) is 1.66. The molecule has 2 rings (SSSR count). The molecule has 0 radical (unpaired) electrons. The predicted octanol–water partition coefficient (Wildman–Crippen LogP) is -0.269. The van der Waals surface area contributed by atoms with Gasteiger partial charge in [0.15, 0.2) is 0 Å². The summed E-state index contributed by atoms with van der Waals surface area (Å²) >= 11 is 0. The van der Waals surface area contributed by atoms with E-state index in [9.17, 15) is 0 Å². The van der Waals surface area contributed by atoms with Crippen molar-refractivity contribution in [3.05, 3.63) is 46.1 Å². The summed E-state index contributed by atoms with van der Waals surface area (Å²) in [5, 5.41) is 10.3. The number of nitrogens with zero attached hydrogens (tertiary/aromatic N) is 1. The van der Waals surface area contributed by atoms with Gasteiger partial charge in [-0.25, -0.2) is 0 Å². The quantitative estimate of drug-likeness (QED) is 0.361. The molecule has 0 aliphatic rings. The molecule has 0 saturated heterocycles. The van der Waals surface area contributed by atoms with E-state index in [0.29, 0.717) is 0 Å². The minimum Gasteiger partial charge on any atom is -0.444 e. The molecule has 0 amide bonds. The van der Waals surface area contributed by atoms with E-state index in [1.54, 1.807) is 0 Å². The Hall–Kier alpha value is -0.840. The molecule has 0 saturated carbocycles. The zero-order chi connectivity index (χ0) is 9.68. The molecule has 0 bridgehead atoms. The number of hydrogen-bond acceptors (Lipinski definition) is 3. The Bertz CT molecular complexity index is 367. The van der Waals surface area contributed by atoms with Crippen LogP contribution in [0.25, 0.3) is 10.9 Å². The Morgan fingerprint density at radius 2 is 1.93 bits per heavy atom. The van der Waals surface area contributed by atoms with Gasteiger partial charge >= 0.3 is 29.6 Å². The molecule has 0 aliphatic carbocycles. The van der Waals surface area contributed by atoms with Crippen molar-refractivity contribution < 1.29 is 29.6 Å². The number of aromatic nitrogens is 1. The predicted molar refractivity (Wildman–Crippen MR) is 52.2 cm³/mol. The van der Waals surface area contributed by atoms with Crippen molar-refractivity contribution in [2.75, 3.05) is 0 Å². The molecule has 5 heteroatoms. The maximum atomic E-state index is 8.00. The van der Waals surface area contributed by atoms with Gasteiger partial charge < -0.3 is 15.1 Å². The SMILES string of the molecule is Cc1cc2ccccc2[nH]1.O=N[O-].[Na+]. The Labute approximate surface area is 104 Å². The molecule has 1 aromatic heterocycles. The zero-order valence-corrected chi connectivity index (χ0v) is 10.2. The summed E-state index contributed by atoms with van der Waals surface area (Å²) in [5.74, 6) is 0. The van der Waals surface area contributed by atoms with Crippen molar-refractivity contribution >= 4 is 10.9 Å². The van der Waals surface area contributed by atoms with Gasteiger partial charge in [-0.15, -0.1) is 5.34 Å². The fraction of sp³-hybridized carbons (Fsp3) is 0.111. The summed E-state index contributed by atoms with van der Waals surface area (Å²) in [7, 11) is 0. The Morgan fingerprint density at radius 3 is 2.50 bits per heavy atom. The van der Waals surface area contributed by atoms with Crippen LogP contribution in [0.1, 0.15) is 5.69 Å². The van der Waals surface area contributed by atoms with Gasteiger partial charge in [0, 0.05) is 11.2 Å².